The van der Waals surface area contributed by atoms with Crippen molar-refractivity contribution in [2.75, 3.05) is 13.1 Å². The number of rotatable bonds is 2. The maximum Gasteiger partial charge on any atom is 0.156 e. The van der Waals surface area contributed by atoms with Crippen LogP contribution in [-0.2, 0) is 11.4 Å². The van der Waals surface area contributed by atoms with Gasteiger partial charge in [0.25, 0.3) is 0 Å². The maximum absolute atomic E-state index is 5.63. The van der Waals surface area contributed by atoms with Gasteiger partial charge in [-0.3, -0.25) is 4.90 Å². The van der Waals surface area contributed by atoms with Gasteiger partial charge in [-0.05, 0) is 12.5 Å². The average molecular weight is 260 g/mol. The lowest BCUT2D eigenvalue weighted by Gasteiger charge is -2.21. The lowest BCUT2D eigenvalue weighted by Crippen LogP contribution is -2.33. The SMILES string of the molecule is CC.CC1=NOC2(CCN(Cc3ccccc3)C2)C1. The molecule has 104 valence electrons. The van der Waals surface area contributed by atoms with E-state index in [1.165, 1.54) is 5.56 Å². The van der Waals surface area contributed by atoms with Crippen LogP contribution in [-0.4, -0.2) is 29.3 Å². The van der Waals surface area contributed by atoms with Gasteiger partial charge in [0.2, 0.25) is 0 Å². The van der Waals surface area contributed by atoms with Crippen molar-refractivity contribution in [2.24, 2.45) is 5.16 Å². The van der Waals surface area contributed by atoms with Crippen molar-refractivity contribution in [2.45, 2.75) is 45.8 Å². The molecule has 0 bridgehead atoms. The van der Waals surface area contributed by atoms with E-state index in [2.05, 4.69) is 47.3 Å². The van der Waals surface area contributed by atoms with Gasteiger partial charge in [0.15, 0.2) is 5.60 Å². The Bertz CT molecular complexity index is 430. The van der Waals surface area contributed by atoms with Gasteiger partial charge in [-0.2, -0.15) is 0 Å². The van der Waals surface area contributed by atoms with Gasteiger partial charge in [0.1, 0.15) is 0 Å². The van der Waals surface area contributed by atoms with E-state index in [4.69, 9.17) is 4.84 Å². The second kappa shape index (κ2) is 6.20. The smallest absolute Gasteiger partial charge is 0.156 e. The van der Waals surface area contributed by atoms with Crippen molar-refractivity contribution in [1.29, 1.82) is 0 Å². The first-order valence-corrected chi connectivity index (χ1v) is 7.24. The zero-order valence-electron chi connectivity index (χ0n) is 12.2. The Kier molecular flexibility index (Phi) is 4.59. The predicted molar refractivity (Wildman–Crippen MR) is 79.2 cm³/mol. The van der Waals surface area contributed by atoms with Gasteiger partial charge < -0.3 is 4.84 Å². The van der Waals surface area contributed by atoms with Crippen LogP contribution in [0.15, 0.2) is 35.5 Å². The highest BCUT2D eigenvalue weighted by Crippen LogP contribution is 2.34. The van der Waals surface area contributed by atoms with Crippen LogP contribution in [0.2, 0.25) is 0 Å². The Morgan fingerprint density at radius 1 is 1.26 bits per heavy atom. The summed E-state index contributed by atoms with van der Waals surface area (Å²) in [5, 5.41) is 4.10. The first-order chi connectivity index (χ1) is 9.26. The molecule has 0 saturated carbocycles. The summed E-state index contributed by atoms with van der Waals surface area (Å²) in [6, 6.07) is 10.6. The number of benzene rings is 1. The molecule has 1 aromatic carbocycles. The van der Waals surface area contributed by atoms with E-state index in [0.29, 0.717) is 0 Å². The molecule has 2 aliphatic rings. The van der Waals surface area contributed by atoms with Crippen LogP contribution in [0.1, 0.15) is 39.2 Å². The number of hydrogen-bond donors (Lipinski definition) is 0. The molecule has 1 unspecified atom stereocenters. The highest BCUT2D eigenvalue weighted by molar-refractivity contribution is 5.83. The summed E-state index contributed by atoms with van der Waals surface area (Å²) in [6.45, 7) is 9.18. The third-order valence-corrected chi connectivity index (χ3v) is 3.62. The molecule has 1 fully saturated rings. The molecule has 1 spiro atoms. The quantitative estimate of drug-likeness (QED) is 0.813. The molecule has 1 aromatic rings. The molecule has 2 heterocycles. The molecule has 3 rings (SSSR count). The summed E-state index contributed by atoms with van der Waals surface area (Å²) in [5.41, 5.74) is 2.49. The van der Waals surface area contributed by atoms with Gasteiger partial charge in [0.05, 0.1) is 5.71 Å². The van der Waals surface area contributed by atoms with E-state index in [9.17, 15) is 0 Å². The van der Waals surface area contributed by atoms with Crippen LogP contribution >= 0.6 is 0 Å². The average Bonchev–Trinajstić information content (AvgIpc) is 3.00. The van der Waals surface area contributed by atoms with Crippen LogP contribution in [0.25, 0.3) is 0 Å². The van der Waals surface area contributed by atoms with E-state index >= 15 is 0 Å². The molecule has 3 heteroatoms. The topological polar surface area (TPSA) is 24.8 Å². The molecular formula is C16H24N2O. The minimum absolute atomic E-state index is 0.0150. The van der Waals surface area contributed by atoms with Gasteiger partial charge in [0, 0.05) is 32.5 Å². The number of nitrogens with zero attached hydrogens (tertiary/aromatic N) is 2. The van der Waals surface area contributed by atoms with Crippen molar-refractivity contribution in [1.82, 2.24) is 4.90 Å². The molecule has 19 heavy (non-hydrogen) atoms. The van der Waals surface area contributed by atoms with Crippen LogP contribution in [0, 0.1) is 0 Å². The fraction of sp³-hybridized carbons (Fsp3) is 0.562. The first-order valence-electron chi connectivity index (χ1n) is 7.24. The molecule has 1 atom stereocenters. The van der Waals surface area contributed by atoms with Gasteiger partial charge >= 0.3 is 0 Å². The van der Waals surface area contributed by atoms with Crippen molar-refractivity contribution in [3.63, 3.8) is 0 Å². The first kappa shape index (κ1) is 14.1. The summed E-state index contributed by atoms with van der Waals surface area (Å²) in [6.07, 6.45) is 2.10. The molecule has 0 radical (unpaired) electrons. The highest BCUT2D eigenvalue weighted by Gasteiger charge is 2.43. The van der Waals surface area contributed by atoms with Crippen LogP contribution in [0.5, 0.6) is 0 Å². The molecule has 0 aromatic heterocycles. The second-order valence-electron chi connectivity index (χ2n) is 5.22. The summed E-state index contributed by atoms with van der Waals surface area (Å²) < 4.78 is 0. The summed E-state index contributed by atoms with van der Waals surface area (Å²) in [7, 11) is 0. The van der Waals surface area contributed by atoms with Crippen LogP contribution in [0.4, 0.5) is 0 Å². The third kappa shape index (κ3) is 3.35. The number of oxime groups is 1. The number of hydrogen-bond acceptors (Lipinski definition) is 3. The second-order valence-corrected chi connectivity index (χ2v) is 5.22. The lowest BCUT2D eigenvalue weighted by atomic mass is 9.97. The zero-order chi connectivity index (χ0) is 13.7. The largest absolute Gasteiger partial charge is 0.387 e. The standard InChI is InChI=1S/C14H18N2O.C2H6/c1-12-9-14(17-15-12)7-8-16(11-14)10-13-5-3-2-4-6-13;1-2/h2-6H,7-11H2,1H3;1-2H3. The van der Waals surface area contributed by atoms with E-state index in [0.717, 1.165) is 38.2 Å². The van der Waals surface area contributed by atoms with E-state index < -0.39 is 0 Å². The van der Waals surface area contributed by atoms with Crippen molar-refractivity contribution in [3.8, 4) is 0 Å². The summed E-state index contributed by atoms with van der Waals surface area (Å²) in [5.74, 6) is 0. The van der Waals surface area contributed by atoms with Gasteiger partial charge in [-0.1, -0.05) is 49.3 Å². The normalized spacial score (nSPS) is 25.7. The molecule has 0 aliphatic carbocycles. The highest BCUT2D eigenvalue weighted by atomic mass is 16.7. The monoisotopic (exact) mass is 260 g/mol. The lowest BCUT2D eigenvalue weighted by molar-refractivity contribution is -0.0104. The maximum atomic E-state index is 5.63. The minimum Gasteiger partial charge on any atom is -0.387 e. The summed E-state index contributed by atoms with van der Waals surface area (Å²) >= 11 is 0. The fourth-order valence-electron chi connectivity index (χ4n) is 2.83. The molecule has 0 N–H and O–H groups in total. The van der Waals surface area contributed by atoms with Crippen molar-refractivity contribution < 1.29 is 4.84 Å². The molecular weight excluding hydrogens is 236 g/mol. The summed E-state index contributed by atoms with van der Waals surface area (Å²) in [4.78, 5) is 8.09. The predicted octanol–water partition coefficient (Wildman–Crippen LogP) is 3.45. The Labute approximate surface area is 116 Å². The fourth-order valence-corrected chi connectivity index (χ4v) is 2.83. The Morgan fingerprint density at radius 2 is 2.00 bits per heavy atom. The Balaban J connectivity index is 0.000000637. The van der Waals surface area contributed by atoms with Gasteiger partial charge in [-0.25, -0.2) is 0 Å². The molecule has 2 aliphatic heterocycles. The molecule has 0 amide bonds. The van der Waals surface area contributed by atoms with Crippen LogP contribution < -0.4 is 0 Å². The molecule has 1 saturated heterocycles. The van der Waals surface area contributed by atoms with E-state index in [1.54, 1.807) is 0 Å². The number of likely N-dealkylation sites (tertiary alicyclic amines) is 1. The Hall–Kier alpha value is -1.35. The van der Waals surface area contributed by atoms with Crippen molar-refractivity contribution >= 4 is 5.71 Å². The zero-order valence-corrected chi connectivity index (χ0v) is 12.2. The van der Waals surface area contributed by atoms with Crippen molar-refractivity contribution in [3.05, 3.63) is 35.9 Å². The van der Waals surface area contributed by atoms with E-state index in [1.807, 2.05) is 13.8 Å². The Morgan fingerprint density at radius 3 is 2.63 bits per heavy atom. The van der Waals surface area contributed by atoms with Gasteiger partial charge in [-0.15, -0.1) is 0 Å². The van der Waals surface area contributed by atoms with Crippen LogP contribution in [0.3, 0.4) is 0 Å². The molecule has 3 nitrogen and oxygen atoms in total. The van der Waals surface area contributed by atoms with E-state index in [-0.39, 0.29) is 5.60 Å². The third-order valence-electron chi connectivity index (χ3n) is 3.62. The minimum atomic E-state index is -0.0150.